The van der Waals surface area contributed by atoms with Gasteiger partial charge in [-0.25, -0.2) is 4.98 Å². The number of amides is 1. The second-order valence-electron chi connectivity index (χ2n) is 3.96. The van der Waals surface area contributed by atoms with Gasteiger partial charge in [0.15, 0.2) is 0 Å². The number of imidazole rings is 1. The lowest BCUT2D eigenvalue weighted by molar-refractivity contribution is -0.120. The lowest BCUT2D eigenvalue weighted by Gasteiger charge is -1.98. The number of nitrogens with zero attached hydrogens (tertiary/aromatic N) is 1. The largest absolute Gasteiger partial charge is 0.384 e. The Balaban J connectivity index is 2.27. The minimum absolute atomic E-state index is 0.0109. The van der Waals surface area contributed by atoms with Gasteiger partial charge in [0.05, 0.1) is 17.5 Å². The monoisotopic (exact) mass is 245 g/mol. The Morgan fingerprint density at radius 1 is 1.56 bits per heavy atom. The molecular weight excluding hydrogens is 230 g/mol. The highest BCUT2D eigenvalue weighted by Crippen LogP contribution is 2.13. The molecule has 1 heterocycles. The fourth-order valence-corrected chi connectivity index (χ4v) is 1.73. The van der Waals surface area contributed by atoms with Crippen molar-refractivity contribution in [3.8, 4) is 0 Å². The van der Waals surface area contributed by atoms with Crippen LogP contribution in [0.15, 0.2) is 18.2 Å². The first-order valence-corrected chi connectivity index (χ1v) is 5.70. The molecule has 0 aliphatic heterocycles. The zero-order valence-corrected chi connectivity index (χ0v) is 10.1. The Hall–Kier alpha value is -2.37. The second-order valence-corrected chi connectivity index (χ2v) is 3.96. The van der Waals surface area contributed by atoms with Crippen LogP contribution in [0.2, 0.25) is 0 Å². The third-order valence-corrected chi connectivity index (χ3v) is 2.54. The summed E-state index contributed by atoms with van der Waals surface area (Å²) in [6, 6.07) is 5.27. The molecule has 0 atom stereocenters. The van der Waals surface area contributed by atoms with E-state index in [0.717, 1.165) is 11.0 Å². The quantitative estimate of drug-likeness (QED) is 0.466. The average molecular weight is 245 g/mol. The summed E-state index contributed by atoms with van der Waals surface area (Å²) >= 11 is 0. The van der Waals surface area contributed by atoms with E-state index in [-0.39, 0.29) is 18.2 Å². The van der Waals surface area contributed by atoms with Crippen molar-refractivity contribution in [1.82, 2.24) is 15.3 Å². The Morgan fingerprint density at radius 2 is 2.33 bits per heavy atom. The number of nitrogen functional groups attached to an aromatic ring is 1. The van der Waals surface area contributed by atoms with Gasteiger partial charge in [-0.15, -0.1) is 0 Å². The summed E-state index contributed by atoms with van der Waals surface area (Å²) in [6.45, 7) is 2.48. The number of aromatic amines is 1. The van der Waals surface area contributed by atoms with Crippen LogP contribution < -0.4 is 11.1 Å². The van der Waals surface area contributed by atoms with Crippen molar-refractivity contribution in [3.63, 3.8) is 0 Å². The highest BCUT2D eigenvalue weighted by molar-refractivity contribution is 5.98. The first kappa shape index (κ1) is 12.1. The Labute approximate surface area is 104 Å². The number of benzene rings is 1. The molecule has 2 rings (SSSR count). The molecule has 0 radical (unpaired) electrons. The highest BCUT2D eigenvalue weighted by atomic mass is 16.1. The fourth-order valence-electron chi connectivity index (χ4n) is 1.73. The lowest BCUT2D eigenvalue weighted by Crippen LogP contribution is -2.24. The Morgan fingerprint density at radius 3 is 3.00 bits per heavy atom. The molecule has 1 aromatic carbocycles. The van der Waals surface area contributed by atoms with Crippen molar-refractivity contribution in [3.05, 3.63) is 29.6 Å². The van der Waals surface area contributed by atoms with Gasteiger partial charge in [0, 0.05) is 12.1 Å². The molecule has 0 unspecified atom stereocenters. The number of nitrogens with two attached hydrogens (primary N) is 1. The maximum absolute atomic E-state index is 11.4. The molecule has 0 saturated carbocycles. The van der Waals surface area contributed by atoms with Gasteiger partial charge in [-0.05, 0) is 25.1 Å². The maximum Gasteiger partial charge on any atom is 0.227 e. The zero-order valence-electron chi connectivity index (χ0n) is 10.1. The number of likely N-dealkylation sites (N-methyl/N-ethyl adjacent to an activating group) is 1. The van der Waals surface area contributed by atoms with Gasteiger partial charge in [-0.2, -0.15) is 0 Å². The molecule has 0 aliphatic carbocycles. The minimum atomic E-state index is -0.0663. The number of carbonyl (C=O) groups is 1. The molecule has 2 aromatic rings. The number of rotatable bonds is 4. The number of amidine groups is 1. The molecule has 0 bridgehead atoms. The molecule has 6 heteroatoms. The summed E-state index contributed by atoms with van der Waals surface area (Å²) < 4.78 is 0. The van der Waals surface area contributed by atoms with E-state index in [4.69, 9.17) is 11.1 Å². The number of hydrogen-bond acceptors (Lipinski definition) is 3. The average Bonchev–Trinajstić information content (AvgIpc) is 2.69. The van der Waals surface area contributed by atoms with Crippen LogP contribution in [0.3, 0.4) is 0 Å². The summed E-state index contributed by atoms with van der Waals surface area (Å²) in [7, 11) is 0. The van der Waals surface area contributed by atoms with E-state index in [1.807, 2.05) is 6.92 Å². The van der Waals surface area contributed by atoms with Crippen LogP contribution in [0, 0.1) is 5.41 Å². The Kier molecular flexibility index (Phi) is 3.27. The highest BCUT2D eigenvalue weighted by Gasteiger charge is 2.08. The van der Waals surface area contributed by atoms with Gasteiger partial charge < -0.3 is 16.0 Å². The molecule has 0 fully saturated rings. The first-order valence-electron chi connectivity index (χ1n) is 5.70. The molecular formula is C12H15N5O. The number of hydrogen-bond donors (Lipinski definition) is 4. The Bertz CT molecular complexity index is 602. The van der Waals surface area contributed by atoms with Gasteiger partial charge in [-0.3, -0.25) is 10.2 Å². The standard InChI is InChI=1S/C12H15N5O/c1-2-15-11(18)6-10-16-8-4-3-7(12(13)14)5-9(8)17-10/h3-5H,2,6H2,1H3,(H3,13,14)(H,15,18)(H,16,17). The molecule has 0 saturated heterocycles. The molecule has 6 nitrogen and oxygen atoms in total. The molecule has 1 aromatic heterocycles. The number of carbonyl (C=O) groups excluding carboxylic acids is 1. The number of fused-ring (bicyclic) bond motifs is 1. The number of H-pyrrole nitrogens is 1. The third kappa shape index (κ3) is 2.48. The van der Waals surface area contributed by atoms with Crippen LogP contribution in [0.1, 0.15) is 18.3 Å². The molecule has 0 aliphatic rings. The first-order chi connectivity index (χ1) is 8.60. The van der Waals surface area contributed by atoms with Crippen LogP contribution in [0.5, 0.6) is 0 Å². The van der Waals surface area contributed by atoms with Gasteiger partial charge in [-0.1, -0.05) is 0 Å². The zero-order chi connectivity index (χ0) is 13.1. The molecule has 5 N–H and O–H groups in total. The molecule has 1 amide bonds. The fraction of sp³-hybridized carbons (Fsp3) is 0.250. The van der Waals surface area contributed by atoms with E-state index < -0.39 is 0 Å². The second kappa shape index (κ2) is 4.87. The van der Waals surface area contributed by atoms with Crippen LogP contribution in [0.25, 0.3) is 11.0 Å². The van der Waals surface area contributed by atoms with Crippen molar-refractivity contribution in [1.29, 1.82) is 5.41 Å². The SMILES string of the molecule is CCNC(=O)Cc1nc2ccc(C(=N)N)cc2[nH]1. The van der Waals surface area contributed by atoms with Crippen LogP contribution >= 0.6 is 0 Å². The number of aromatic nitrogens is 2. The van der Waals surface area contributed by atoms with E-state index in [2.05, 4.69) is 15.3 Å². The summed E-state index contributed by atoms with van der Waals surface area (Å²) in [5.74, 6) is 0.553. The molecule has 94 valence electrons. The predicted molar refractivity (Wildman–Crippen MR) is 69.5 cm³/mol. The van der Waals surface area contributed by atoms with Crippen LogP contribution in [-0.4, -0.2) is 28.3 Å². The van der Waals surface area contributed by atoms with Crippen molar-refractivity contribution < 1.29 is 4.79 Å². The predicted octanol–water partition coefficient (Wildman–Crippen LogP) is 0.526. The topological polar surface area (TPSA) is 108 Å². The summed E-state index contributed by atoms with van der Waals surface area (Å²) in [5, 5.41) is 10.1. The van der Waals surface area contributed by atoms with Crippen molar-refractivity contribution >= 4 is 22.8 Å². The minimum Gasteiger partial charge on any atom is -0.384 e. The van der Waals surface area contributed by atoms with E-state index in [0.29, 0.717) is 17.9 Å². The summed E-state index contributed by atoms with van der Waals surface area (Å²) in [4.78, 5) is 18.8. The smallest absolute Gasteiger partial charge is 0.227 e. The summed E-state index contributed by atoms with van der Waals surface area (Å²) in [6.07, 6.45) is 0.220. The molecule has 0 spiro atoms. The lowest BCUT2D eigenvalue weighted by atomic mass is 10.2. The van der Waals surface area contributed by atoms with Crippen LogP contribution in [0.4, 0.5) is 0 Å². The van der Waals surface area contributed by atoms with E-state index >= 15 is 0 Å². The normalized spacial score (nSPS) is 10.5. The summed E-state index contributed by atoms with van der Waals surface area (Å²) in [5.41, 5.74) is 7.59. The van der Waals surface area contributed by atoms with Crippen molar-refractivity contribution in [2.24, 2.45) is 5.73 Å². The van der Waals surface area contributed by atoms with Gasteiger partial charge in [0.2, 0.25) is 5.91 Å². The third-order valence-electron chi connectivity index (χ3n) is 2.54. The van der Waals surface area contributed by atoms with Crippen molar-refractivity contribution in [2.45, 2.75) is 13.3 Å². The number of nitrogens with one attached hydrogen (secondary N) is 3. The van der Waals surface area contributed by atoms with E-state index in [1.165, 1.54) is 0 Å². The maximum atomic E-state index is 11.4. The van der Waals surface area contributed by atoms with E-state index in [9.17, 15) is 4.79 Å². The van der Waals surface area contributed by atoms with Crippen molar-refractivity contribution in [2.75, 3.05) is 6.54 Å². The van der Waals surface area contributed by atoms with Gasteiger partial charge >= 0.3 is 0 Å². The van der Waals surface area contributed by atoms with Gasteiger partial charge in [0.1, 0.15) is 11.7 Å². The van der Waals surface area contributed by atoms with E-state index in [1.54, 1.807) is 18.2 Å². The molecule has 18 heavy (non-hydrogen) atoms. The van der Waals surface area contributed by atoms with Gasteiger partial charge in [0.25, 0.3) is 0 Å². The van der Waals surface area contributed by atoms with Crippen LogP contribution in [-0.2, 0) is 11.2 Å².